The first-order valence-electron chi connectivity index (χ1n) is 10.2. The van der Waals surface area contributed by atoms with E-state index in [-0.39, 0.29) is 12.0 Å². The highest BCUT2D eigenvalue weighted by molar-refractivity contribution is 5.79. The highest BCUT2D eigenvalue weighted by Gasteiger charge is 2.34. The second-order valence-corrected chi connectivity index (χ2v) is 7.60. The van der Waals surface area contributed by atoms with E-state index >= 15 is 0 Å². The van der Waals surface area contributed by atoms with E-state index in [1.54, 1.807) is 0 Å². The monoisotopic (exact) mass is 367 g/mol. The predicted octanol–water partition coefficient (Wildman–Crippen LogP) is 1.57. The molecule has 0 aliphatic carbocycles. The van der Waals surface area contributed by atoms with Crippen LogP contribution in [0.3, 0.4) is 0 Å². The van der Waals surface area contributed by atoms with Crippen molar-refractivity contribution in [1.82, 2.24) is 14.7 Å². The van der Waals surface area contributed by atoms with Gasteiger partial charge < -0.3 is 19.3 Å². The summed E-state index contributed by atoms with van der Waals surface area (Å²) in [6, 6.07) is 0.477. The largest absolute Gasteiger partial charge is 0.449 e. The van der Waals surface area contributed by atoms with Gasteiger partial charge in [-0.2, -0.15) is 0 Å². The number of rotatable bonds is 4. The third kappa shape index (κ3) is 4.88. The van der Waals surface area contributed by atoms with Crippen molar-refractivity contribution in [3.63, 3.8) is 0 Å². The number of carbonyl (C=O) groups excluding carboxylic acids is 2. The van der Waals surface area contributed by atoms with Gasteiger partial charge in [0.15, 0.2) is 0 Å². The second-order valence-electron chi connectivity index (χ2n) is 7.60. The Labute approximate surface area is 156 Å². The lowest BCUT2D eigenvalue weighted by Gasteiger charge is -2.42. The zero-order valence-electron chi connectivity index (χ0n) is 16.0. The van der Waals surface area contributed by atoms with Gasteiger partial charge in [0, 0.05) is 38.8 Å². The minimum absolute atomic E-state index is 0.120. The van der Waals surface area contributed by atoms with Crippen molar-refractivity contribution in [2.24, 2.45) is 5.92 Å². The lowest BCUT2D eigenvalue weighted by Crippen LogP contribution is -2.53. The van der Waals surface area contributed by atoms with Gasteiger partial charge in [-0.05, 0) is 38.6 Å². The summed E-state index contributed by atoms with van der Waals surface area (Å²) >= 11 is 0. The number of morpholine rings is 1. The molecule has 1 atom stereocenters. The number of hydrogen-bond acceptors (Lipinski definition) is 5. The van der Waals surface area contributed by atoms with Crippen LogP contribution >= 0.6 is 0 Å². The Morgan fingerprint density at radius 2 is 1.73 bits per heavy atom. The normalized spacial score (nSPS) is 26.0. The molecule has 2 amide bonds. The Kier molecular flexibility index (Phi) is 7.14. The highest BCUT2D eigenvalue weighted by Crippen LogP contribution is 2.25. The molecule has 0 bridgehead atoms. The number of nitrogens with zero attached hydrogens (tertiary/aromatic N) is 3. The standard InChI is InChI=1S/C19H33N3O4/c1-2-12-26-19(24)21-8-5-17(6-9-21)22-7-3-4-16(15-22)18(23)20-10-13-25-14-11-20/h16-17H,2-15H2,1H3/t16-/m1/s1. The fraction of sp³-hybridized carbons (Fsp3) is 0.895. The van der Waals surface area contributed by atoms with Crippen LogP contribution in [-0.2, 0) is 14.3 Å². The van der Waals surface area contributed by atoms with Crippen LogP contribution in [0, 0.1) is 5.92 Å². The molecule has 0 unspecified atom stereocenters. The number of likely N-dealkylation sites (tertiary alicyclic amines) is 2. The quantitative estimate of drug-likeness (QED) is 0.755. The number of carbonyl (C=O) groups is 2. The van der Waals surface area contributed by atoms with E-state index in [1.165, 1.54) is 0 Å². The van der Waals surface area contributed by atoms with Crippen LogP contribution in [-0.4, -0.2) is 91.8 Å². The van der Waals surface area contributed by atoms with Crippen LogP contribution in [0.15, 0.2) is 0 Å². The molecule has 3 saturated heterocycles. The summed E-state index contributed by atoms with van der Waals surface area (Å²) in [6.45, 7) is 8.72. The maximum atomic E-state index is 12.8. The summed E-state index contributed by atoms with van der Waals surface area (Å²) < 4.78 is 10.6. The Bertz CT molecular complexity index is 473. The molecule has 0 saturated carbocycles. The molecule has 3 aliphatic rings. The van der Waals surface area contributed by atoms with Gasteiger partial charge in [0.05, 0.1) is 25.7 Å². The van der Waals surface area contributed by atoms with Crippen molar-refractivity contribution >= 4 is 12.0 Å². The Morgan fingerprint density at radius 1 is 1.00 bits per heavy atom. The fourth-order valence-corrected chi connectivity index (χ4v) is 4.28. The first kappa shape index (κ1) is 19.4. The van der Waals surface area contributed by atoms with E-state index in [4.69, 9.17) is 9.47 Å². The summed E-state index contributed by atoms with van der Waals surface area (Å²) in [7, 11) is 0. The van der Waals surface area contributed by atoms with Crippen molar-refractivity contribution in [3.8, 4) is 0 Å². The smallest absolute Gasteiger partial charge is 0.409 e. The maximum Gasteiger partial charge on any atom is 0.409 e. The third-order valence-corrected chi connectivity index (χ3v) is 5.79. The highest BCUT2D eigenvalue weighted by atomic mass is 16.6. The molecule has 148 valence electrons. The van der Waals surface area contributed by atoms with Crippen LogP contribution in [0.4, 0.5) is 4.79 Å². The van der Waals surface area contributed by atoms with Gasteiger partial charge in [-0.25, -0.2) is 4.79 Å². The van der Waals surface area contributed by atoms with Crippen LogP contribution in [0.5, 0.6) is 0 Å². The van der Waals surface area contributed by atoms with Crippen LogP contribution in [0.1, 0.15) is 39.0 Å². The van der Waals surface area contributed by atoms with Gasteiger partial charge in [0.1, 0.15) is 0 Å². The van der Waals surface area contributed by atoms with E-state index in [9.17, 15) is 9.59 Å². The summed E-state index contributed by atoms with van der Waals surface area (Å²) in [5.41, 5.74) is 0. The van der Waals surface area contributed by atoms with E-state index in [2.05, 4.69) is 4.90 Å². The Morgan fingerprint density at radius 3 is 2.42 bits per heavy atom. The summed E-state index contributed by atoms with van der Waals surface area (Å²) in [5, 5.41) is 0. The molecule has 3 heterocycles. The number of piperidine rings is 2. The maximum absolute atomic E-state index is 12.8. The summed E-state index contributed by atoms with van der Waals surface area (Å²) in [4.78, 5) is 31.1. The molecular weight excluding hydrogens is 334 g/mol. The Balaban J connectivity index is 1.46. The van der Waals surface area contributed by atoms with Gasteiger partial charge in [-0.15, -0.1) is 0 Å². The zero-order valence-corrected chi connectivity index (χ0v) is 16.0. The minimum Gasteiger partial charge on any atom is -0.449 e. The molecule has 0 N–H and O–H groups in total. The molecule has 0 radical (unpaired) electrons. The van der Waals surface area contributed by atoms with Crippen molar-refractivity contribution in [2.75, 3.05) is 59.1 Å². The topological polar surface area (TPSA) is 62.3 Å². The first-order valence-corrected chi connectivity index (χ1v) is 10.2. The molecular formula is C19H33N3O4. The van der Waals surface area contributed by atoms with E-state index in [0.29, 0.717) is 31.8 Å². The van der Waals surface area contributed by atoms with Gasteiger partial charge in [0.2, 0.25) is 5.91 Å². The molecule has 26 heavy (non-hydrogen) atoms. The van der Waals surface area contributed by atoms with Crippen LogP contribution in [0.25, 0.3) is 0 Å². The van der Waals surface area contributed by atoms with Gasteiger partial charge in [-0.3, -0.25) is 9.69 Å². The summed E-state index contributed by atoms with van der Waals surface area (Å²) in [6.07, 6.45) is 4.70. The SMILES string of the molecule is CCCOC(=O)N1CCC(N2CCC[C@@H](C(=O)N3CCOCC3)C2)CC1. The molecule has 0 spiro atoms. The summed E-state index contributed by atoms with van der Waals surface area (Å²) in [5.74, 6) is 0.424. The lowest BCUT2D eigenvalue weighted by molar-refractivity contribution is -0.141. The zero-order chi connectivity index (χ0) is 18.4. The third-order valence-electron chi connectivity index (χ3n) is 5.79. The molecule has 0 aromatic carbocycles. The molecule has 3 aliphatic heterocycles. The number of hydrogen-bond donors (Lipinski definition) is 0. The average molecular weight is 367 g/mol. The van der Waals surface area contributed by atoms with E-state index in [1.807, 2.05) is 16.7 Å². The predicted molar refractivity (Wildman–Crippen MR) is 97.9 cm³/mol. The van der Waals surface area contributed by atoms with Crippen molar-refractivity contribution < 1.29 is 19.1 Å². The Hall–Kier alpha value is -1.34. The van der Waals surface area contributed by atoms with E-state index < -0.39 is 0 Å². The van der Waals surface area contributed by atoms with Crippen molar-refractivity contribution in [1.29, 1.82) is 0 Å². The molecule has 3 fully saturated rings. The van der Waals surface area contributed by atoms with Crippen LogP contribution in [0.2, 0.25) is 0 Å². The lowest BCUT2D eigenvalue weighted by atomic mass is 9.93. The molecule has 7 nitrogen and oxygen atoms in total. The second kappa shape index (κ2) is 9.55. The number of amides is 2. The molecule has 0 aromatic rings. The van der Waals surface area contributed by atoms with Gasteiger partial charge in [0.25, 0.3) is 0 Å². The fourth-order valence-electron chi connectivity index (χ4n) is 4.28. The molecule has 7 heteroatoms. The van der Waals surface area contributed by atoms with Gasteiger partial charge in [-0.1, -0.05) is 6.92 Å². The minimum atomic E-state index is -0.177. The molecule has 3 rings (SSSR count). The average Bonchev–Trinajstić information content (AvgIpc) is 2.72. The van der Waals surface area contributed by atoms with Crippen LogP contribution < -0.4 is 0 Å². The van der Waals surface area contributed by atoms with Crippen molar-refractivity contribution in [2.45, 2.75) is 45.1 Å². The van der Waals surface area contributed by atoms with Gasteiger partial charge >= 0.3 is 6.09 Å². The first-order chi connectivity index (χ1) is 12.7. The van der Waals surface area contributed by atoms with E-state index in [0.717, 1.165) is 71.4 Å². The van der Waals surface area contributed by atoms with Crippen molar-refractivity contribution in [3.05, 3.63) is 0 Å². The number of ether oxygens (including phenoxy) is 2. The molecule has 0 aromatic heterocycles.